The molecule has 1 aliphatic heterocycles. The van der Waals surface area contributed by atoms with E-state index in [9.17, 15) is 4.79 Å². The van der Waals surface area contributed by atoms with E-state index < -0.39 is 0 Å². The lowest BCUT2D eigenvalue weighted by Gasteiger charge is -2.31. The van der Waals surface area contributed by atoms with Crippen molar-refractivity contribution in [1.29, 1.82) is 0 Å². The topological polar surface area (TPSA) is 71.0 Å². The van der Waals surface area contributed by atoms with Crippen LogP contribution in [0.1, 0.15) is 36.6 Å². The molecule has 1 aliphatic carbocycles. The third kappa shape index (κ3) is 4.16. The number of carbonyl (C=O) groups is 1. The minimum absolute atomic E-state index is 0.183. The summed E-state index contributed by atoms with van der Waals surface area (Å²) in [6, 6.07) is 8.83. The molecule has 3 heterocycles. The molecule has 2 aromatic heterocycles. The maximum absolute atomic E-state index is 12.7. The van der Waals surface area contributed by atoms with Gasteiger partial charge in [-0.1, -0.05) is 35.2 Å². The average Bonchev–Trinajstić information content (AvgIpc) is 3.25. The lowest BCUT2D eigenvalue weighted by molar-refractivity contribution is -0.129. The van der Waals surface area contributed by atoms with Gasteiger partial charge >= 0.3 is 0 Å². The number of thioether (sulfide) groups is 1. The SMILES string of the molecule is O=C(CSc1nnc(NC2CC2)s1)N1CCC[C@H](c2nc3ccccc3s2)C1. The van der Waals surface area contributed by atoms with Gasteiger partial charge in [-0.05, 0) is 37.8 Å². The summed E-state index contributed by atoms with van der Waals surface area (Å²) in [5.41, 5.74) is 1.06. The Labute approximate surface area is 175 Å². The zero-order valence-electron chi connectivity index (χ0n) is 15.3. The zero-order valence-corrected chi connectivity index (χ0v) is 17.8. The van der Waals surface area contributed by atoms with Gasteiger partial charge in [0.2, 0.25) is 11.0 Å². The average molecular weight is 432 g/mol. The van der Waals surface area contributed by atoms with Gasteiger partial charge in [-0.15, -0.1) is 21.5 Å². The van der Waals surface area contributed by atoms with E-state index >= 15 is 0 Å². The molecule has 1 saturated carbocycles. The van der Waals surface area contributed by atoms with Gasteiger partial charge in [0, 0.05) is 25.0 Å². The first-order valence-electron chi connectivity index (χ1n) is 9.61. The van der Waals surface area contributed by atoms with E-state index in [1.165, 1.54) is 29.3 Å². The third-order valence-electron chi connectivity index (χ3n) is 5.06. The Hall–Kier alpha value is -1.71. The summed E-state index contributed by atoms with van der Waals surface area (Å²) in [4.78, 5) is 19.5. The largest absolute Gasteiger partial charge is 0.357 e. The number of fused-ring (bicyclic) bond motifs is 1. The highest BCUT2D eigenvalue weighted by atomic mass is 32.2. The summed E-state index contributed by atoms with van der Waals surface area (Å²) in [5.74, 6) is 0.948. The molecule has 1 amide bonds. The van der Waals surface area contributed by atoms with Crippen molar-refractivity contribution in [2.75, 3.05) is 24.2 Å². The highest BCUT2D eigenvalue weighted by molar-refractivity contribution is 8.01. The van der Waals surface area contributed by atoms with E-state index in [1.807, 2.05) is 11.0 Å². The number of carbonyl (C=O) groups excluding carboxylic acids is 1. The van der Waals surface area contributed by atoms with Crippen molar-refractivity contribution < 1.29 is 4.79 Å². The number of rotatable bonds is 6. The number of amides is 1. The number of anilines is 1. The van der Waals surface area contributed by atoms with Gasteiger partial charge in [0.25, 0.3) is 0 Å². The van der Waals surface area contributed by atoms with E-state index in [1.54, 1.807) is 22.7 Å². The fourth-order valence-corrected chi connectivity index (χ4v) is 6.24. The zero-order chi connectivity index (χ0) is 18.9. The van der Waals surface area contributed by atoms with Crippen molar-refractivity contribution >= 4 is 55.7 Å². The molecule has 1 atom stereocenters. The molecule has 1 aromatic carbocycles. The van der Waals surface area contributed by atoms with Gasteiger partial charge < -0.3 is 10.2 Å². The minimum Gasteiger partial charge on any atom is -0.357 e. The van der Waals surface area contributed by atoms with Gasteiger partial charge in [0.05, 0.1) is 21.0 Å². The first-order chi connectivity index (χ1) is 13.7. The molecule has 2 fully saturated rings. The van der Waals surface area contributed by atoms with Crippen LogP contribution in [0.5, 0.6) is 0 Å². The Balaban J connectivity index is 1.18. The molecule has 3 aromatic rings. The first-order valence-corrected chi connectivity index (χ1v) is 12.2. The molecular weight excluding hydrogens is 410 g/mol. The number of nitrogens with zero attached hydrogens (tertiary/aromatic N) is 4. The Morgan fingerprint density at radius 2 is 2.11 bits per heavy atom. The monoisotopic (exact) mass is 431 g/mol. The van der Waals surface area contributed by atoms with Crippen molar-refractivity contribution in [1.82, 2.24) is 20.1 Å². The molecule has 9 heteroatoms. The van der Waals surface area contributed by atoms with Crippen molar-refractivity contribution in [3.8, 4) is 0 Å². The molecular formula is C19H21N5OS3. The quantitative estimate of drug-likeness (QED) is 0.589. The second-order valence-corrected chi connectivity index (χ2v) is 10.5. The molecule has 1 N–H and O–H groups in total. The van der Waals surface area contributed by atoms with Gasteiger partial charge in [0.1, 0.15) is 0 Å². The molecule has 1 saturated heterocycles. The van der Waals surface area contributed by atoms with Crippen molar-refractivity contribution in [3.63, 3.8) is 0 Å². The Morgan fingerprint density at radius 3 is 2.96 bits per heavy atom. The summed E-state index contributed by atoms with van der Waals surface area (Å²) in [6.07, 6.45) is 4.56. The Bertz CT molecular complexity index is 950. The van der Waals surface area contributed by atoms with Crippen molar-refractivity contribution in [2.24, 2.45) is 0 Å². The van der Waals surface area contributed by atoms with Gasteiger partial charge in [-0.25, -0.2) is 4.98 Å². The van der Waals surface area contributed by atoms with E-state index in [0.29, 0.717) is 17.7 Å². The second-order valence-electron chi connectivity index (χ2n) is 7.28. The van der Waals surface area contributed by atoms with Crippen LogP contribution in [0.25, 0.3) is 10.2 Å². The maximum Gasteiger partial charge on any atom is 0.233 e. The van der Waals surface area contributed by atoms with Crippen LogP contribution in [-0.4, -0.2) is 50.9 Å². The van der Waals surface area contributed by atoms with Crippen LogP contribution in [0, 0.1) is 0 Å². The van der Waals surface area contributed by atoms with Gasteiger partial charge in [0.15, 0.2) is 4.34 Å². The number of piperidine rings is 1. The van der Waals surface area contributed by atoms with E-state index in [-0.39, 0.29) is 5.91 Å². The van der Waals surface area contributed by atoms with Crippen LogP contribution in [-0.2, 0) is 4.79 Å². The number of aromatic nitrogens is 3. The molecule has 0 spiro atoms. The maximum atomic E-state index is 12.7. The summed E-state index contributed by atoms with van der Waals surface area (Å²) >= 11 is 4.79. The minimum atomic E-state index is 0.183. The summed E-state index contributed by atoms with van der Waals surface area (Å²) in [6.45, 7) is 1.61. The summed E-state index contributed by atoms with van der Waals surface area (Å²) in [7, 11) is 0. The Kier molecular flexibility index (Phi) is 5.21. The lowest BCUT2D eigenvalue weighted by Crippen LogP contribution is -2.40. The van der Waals surface area contributed by atoms with Crippen LogP contribution >= 0.6 is 34.4 Å². The predicted molar refractivity (Wildman–Crippen MR) is 115 cm³/mol. The van der Waals surface area contributed by atoms with Gasteiger partial charge in [-0.3, -0.25) is 4.79 Å². The van der Waals surface area contributed by atoms with E-state index in [4.69, 9.17) is 4.98 Å². The summed E-state index contributed by atoms with van der Waals surface area (Å²) in [5, 5.41) is 13.7. The normalized spacial score (nSPS) is 19.9. The molecule has 6 nitrogen and oxygen atoms in total. The highest BCUT2D eigenvalue weighted by Crippen LogP contribution is 2.34. The molecule has 0 unspecified atom stereocenters. The number of likely N-dealkylation sites (tertiary alicyclic amines) is 1. The van der Waals surface area contributed by atoms with Crippen LogP contribution in [0.4, 0.5) is 5.13 Å². The number of nitrogens with one attached hydrogen (secondary N) is 1. The third-order valence-corrected chi connectivity index (χ3v) is 8.24. The van der Waals surface area contributed by atoms with Crippen LogP contribution in [0.2, 0.25) is 0 Å². The molecule has 2 aliphatic rings. The number of thiazole rings is 1. The smallest absolute Gasteiger partial charge is 0.233 e. The summed E-state index contributed by atoms with van der Waals surface area (Å²) < 4.78 is 2.08. The van der Waals surface area contributed by atoms with Crippen LogP contribution in [0.3, 0.4) is 0 Å². The standard InChI is InChI=1S/C19H21N5OS3/c25-16(11-26-19-23-22-18(28-19)20-13-7-8-13)24-9-3-4-12(10-24)17-21-14-5-1-2-6-15(14)27-17/h1-2,5-6,12-13H,3-4,7-11H2,(H,20,22)/t12-/m0/s1. The molecule has 5 rings (SSSR count). The van der Waals surface area contributed by atoms with Crippen molar-refractivity contribution in [3.05, 3.63) is 29.3 Å². The highest BCUT2D eigenvalue weighted by Gasteiger charge is 2.27. The second kappa shape index (κ2) is 7.96. The number of hydrogen-bond acceptors (Lipinski definition) is 8. The molecule has 146 valence electrons. The fourth-order valence-electron chi connectivity index (χ4n) is 3.41. The molecule has 0 bridgehead atoms. The molecule has 28 heavy (non-hydrogen) atoms. The number of para-hydroxylation sites is 1. The molecule has 0 radical (unpaired) electrons. The van der Waals surface area contributed by atoms with Crippen LogP contribution < -0.4 is 5.32 Å². The lowest BCUT2D eigenvalue weighted by atomic mass is 9.99. The van der Waals surface area contributed by atoms with Crippen molar-refractivity contribution in [2.45, 2.75) is 42.0 Å². The van der Waals surface area contributed by atoms with E-state index in [0.717, 1.165) is 45.9 Å². The van der Waals surface area contributed by atoms with E-state index in [2.05, 4.69) is 33.7 Å². The predicted octanol–water partition coefficient (Wildman–Crippen LogP) is 4.22. The van der Waals surface area contributed by atoms with Crippen LogP contribution in [0.15, 0.2) is 28.6 Å². The first kappa shape index (κ1) is 18.3. The number of hydrogen-bond donors (Lipinski definition) is 1. The number of benzene rings is 1. The fraction of sp³-hybridized carbons (Fsp3) is 0.474. The van der Waals surface area contributed by atoms with Gasteiger partial charge in [-0.2, -0.15) is 0 Å². The Morgan fingerprint density at radius 1 is 1.21 bits per heavy atom.